The number of aromatic nitrogens is 2. The maximum Gasteiger partial charge on any atom is 0.163 e. The predicted octanol–water partition coefficient (Wildman–Crippen LogP) is 4.25. The number of fused-ring (bicyclic) bond motifs is 3. The van der Waals surface area contributed by atoms with Gasteiger partial charge in [0.15, 0.2) is 5.82 Å². The number of thiophene rings is 1. The van der Waals surface area contributed by atoms with Gasteiger partial charge in [-0.05, 0) is 50.5 Å². The van der Waals surface area contributed by atoms with E-state index in [1.54, 1.807) is 18.4 Å². The number of halogens is 1. The average Bonchev–Trinajstić information content (AvgIpc) is 3.13. The Bertz CT molecular complexity index is 676. The van der Waals surface area contributed by atoms with Gasteiger partial charge in [0.05, 0.1) is 5.39 Å². The van der Waals surface area contributed by atoms with Gasteiger partial charge in [-0.15, -0.1) is 11.3 Å². The summed E-state index contributed by atoms with van der Waals surface area (Å²) in [5, 5.41) is 1.71. The molecule has 2 aromatic rings. The molecule has 0 radical (unpaired) electrons. The van der Waals surface area contributed by atoms with Crippen LogP contribution in [0.15, 0.2) is 0 Å². The zero-order chi connectivity index (χ0) is 13.7. The second-order valence-electron chi connectivity index (χ2n) is 5.78. The molecule has 1 fully saturated rings. The molecule has 0 unspecified atom stereocenters. The van der Waals surface area contributed by atoms with E-state index in [2.05, 4.69) is 4.98 Å². The minimum Gasteiger partial charge on any atom is -0.370 e. The van der Waals surface area contributed by atoms with Crippen LogP contribution in [0.25, 0.3) is 10.2 Å². The van der Waals surface area contributed by atoms with Crippen molar-refractivity contribution in [2.75, 3.05) is 7.11 Å². The van der Waals surface area contributed by atoms with Crippen molar-refractivity contribution in [3.63, 3.8) is 0 Å². The summed E-state index contributed by atoms with van der Waals surface area (Å²) < 4.78 is 5.79. The quantitative estimate of drug-likeness (QED) is 0.778. The van der Waals surface area contributed by atoms with Crippen molar-refractivity contribution in [3.05, 3.63) is 21.4 Å². The second-order valence-corrected chi connectivity index (χ2v) is 7.22. The lowest BCUT2D eigenvalue weighted by Crippen LogP contribution is -2.27. The summed E-state index contributed by atoms with van der Waals surface area (Å²) >= 11 is 8.28. The molecule has 0 bridgehead atoms. The highest BCUT2D eigenvalue weighted by molar-refractivity contribution is 7.19. The maximum absolute atomic E-state index is 6.48. The largest absolute Gasteiger partial charge is 0.370 e. The molecule has 0 saturated heterocycles. The fourth-order valence-electron chi connectivity index (χ4n) is 3.62. The van der Waals surface area contributed by atoms with Gasteiger partial charge in [-0.25, -0.2) is 9.97 Å². The first kappa shape index (κ1) is 13.0. The lowest BCUT2D eigenvalue weighted by Gasteiger charge is -2.25. The van der Waals surface area contributed by atoms with Crippen molar-refractivity contribution in [2.24, 2.45) is 0 Å². The Morgan fingerprint density at radius 2 is 1.95 bits per heavy atom. The predicted molar refractivity (Wildman–Crippen MR) is 81.6 cm³/mol. The summed E-state index contributed by atoms with van der Waals surface area (Å²) in [7, 11) is 1.77. The van der Waals surface area contributed by atoms with Crippen LogP contribution in [0.3, 0.4) is 0 Å². The van der Waals surface area contributed by atoms with E-state index in [9.17, 15) is 0 Å². The minimum atomic E-state index is -0.313. The van der Waals surface area contributed by atoms with E-state index in [0.29, 0.717) is 5.15 Å². The van der Waals surface area contributed by atoms with E-state index in [-0.39, 0.29) is 5.60 Å². The molecule has 3 nitrogen and oxygen atoms in total. The number of aryl methyl sites for hydroxylation is 2. The molecule has 0 spiro atoms. The third-order valence-electron chi connectivity index (χ3n) is 4.73. The van der Waals surface area contributed by atoms with Crippen LogP contribution in [0, 0.1) is 0 Å². The van der Waals surface area contributed by atoms with E-state index in [0.717, 1.165) is 41.7 Å². The van der Waals surface area contributed by atoms with Gasteiger partial charge in [0.1, 0.15) is 15.6 Å². The van der Waals surface area contributed by atoms with Crippen LogP contribution in [0.1, 0.15) is 48.4 Å². The number of ether oxygens (including phenoxy) is 1. The smallest absolute Gasteiger partial charge is 0.163 e. The van der Waals surface area contributed by atoms with Crippen LogP contribution < -0.4 is 0 Å². The number of methoxy groups -OCH3 is 1. The fourth-order valence-corrected chi connectivity index (χ4v) is 5.22. The first-order valence-electron chi connectivity index (χ1n) is 7.27. The summed E-state index contributed by atoms with van der Waals surface area (Å²) in [6.07, 6.45) is 7.86. The number of nitrogens with zero attached hydrogens (tertiary/aromatic N) is 2. The van der Waals surface area contributed by atoms with E-state index < -0.39 is 0 Å². The Morgan fingerprint density at radius 1 is 1.15 bits per heavy atom. The van der Waals surface area contributed by atoms with Crippen molar-refractivity contribution in [1.29, 1.82) is 0 Å². The van der Waals surface area contributed by atoms with Crippen LogP contribution in [0.4, 0.5) is 0 Å². The zero-order valence-corrected chi connectivity index (χ0v) is 13.1. The Labute approximate surface area is 127 Å². The lowest BCUT2D eigenvalue weighted by molar-refractivity contribution is -0.0159. The van der Waals surface area contributed by atoms with Gasteiger partial charge in [-0.2, -0.15) is 0 Å². The van der Waals surface area contributed by atoms with Gasteiger partial charge < -0.3 is 4.74 Å². The summed E-state index contributed by atoms with van der Waals surface area (Å²) in [6, 6.07) is 0. The van der Waals surface area contributed by atoms with Crippen molar-refractivity contribution in [1.82, 2.24) is 9.97 Å². The standard InChI is InChI=1S/C15H17ClN2OS/c1-19-15(7-2-3-8-15)14-17-12(16)11-9-5-4-6-10(9)20-13(11)18-14/h2-8H2,1H3. The Kier molecular flexibility index (Phi) is 3.02. The number of hydrogen-bond donors (Lipinski definition) is 0. The zero-order valence-electron chi connectivity index (χ0n) is 11.5. The topological polar surface area (TPSA) is 35.0 Å². The van der Waals surface area contributed by atoms with Crippen molar-refractivity contribution in [2.45, 2.75) is 50.5 Å². The van der Waals surface area contributed by atoms with Crippen molar-refractivity contribution < 1.29 is 4.74 Å². The first-order valence-corrected chi connectivity index (χ1v) is 8.46. The molecule has 4 rings (SSSR count). The number of rotatable bonds is 2. The summed E-state index contributed by atoms with van der Waals surface area (Å²) in [5.41, 5.74) is 1.08. The molecular formula is C15H17ClN2OS. The van der Waals surface area contributed by atoms with E-state index >= 15 is 0 Å². The SMILES string of the molecule is COC1(c2nc(Cl)c3c4c(sc3n2)CCC4)CCCC1. The molecule has 0 amide bonds. The van der Waals surface area contributed by atoms with Crippen LogP contribution in [-0.2, 0) is 23.2 Å². The molecule has 106 valence electrons. The van der Waals surface area contributed by atoms with Gasteiger partial charge >= 0.3 is 0 Å². The van der Waals surface area contributed by atoms with Crippen molar-refractivity contribution >= 4 is 33.2 Å². The molecule has 0 aliphatic heterocycles. The van der Waals surface area contributed by atoms with Crippen molar-refractivity contribution in [3.8, 4) is 0 Å². The summed E-state index contributed by atoms with van der Waals surface area (Å²) in [6.45, 7) is 0. The lowest BCUT2D eigenvalue weighted by atomic mass is 10.0. The molecule has 1 saturated carbocycles. The summed E-state index contributed by atoms with van der Waals surface area (Å²) in [4.78, 5) is 11.9. The highest BCUT2D eigenvalue weighted by Gasteiger charge is 2.39. The van der Waals surface area contributed by atoms with E-state index in [1.807, 2.05) is 0 Å². The minimum absolute atomic E-state index is 0.313. The molecule has 0 N–H and O–H groups in total. The normalized spacial score (nSPS) is 20.7. The molecule has 2 aliphatic rings. The molecule has 0 atom stereocenters. The highest BCUT2D eigenvalue weighted by atomic mass is 35.5. The Balaban J connectivity index is 1.90. The monoisotopic (exact) mass is 308 g/mol. The van der Waals surface area contributed by atoms with Crippen LogP contribution in [0.2, 0.25) is 5.15 Å². The van der Waals surface area contributed by atoms with Gasteiger partial charge in [0.2, 0.25) is 0 Å². The van der Waals surface area contributed by atoms with Gasteiger partial charge in [0.25, 0.3) is 0 Å². The molecule has 2 aromatic heterocycles. The van der Waals surface area contributed by atoms with Gasteiger partial charge in [0, 0.05) is 12.0 Å². The third kappa shape index (κ3) is 1.74. The molecule has 2 aliphatic carbocycles. The molecule has 5 heteroatoms. The third-order valence-corrected chi connectivity index (χ3v) is 6.19. The Hall–Kier alpha value is -0.710. The molecular weight excluding hydrogens is 292 g/mol. The van der Waals surface area contributed by atoms with Crippen LogP contribution in [-0.4, -0.2) is 17.1 Å². The van der Waals surface area contributed by atoms with E-state index in [4.69, 9.17) is 21.3 Å². The fraction of sp³-hybridized carbons (Fsp3) is 0.600. The van der Waals surface area contributed by atoms with Crippen LogP contribution >= 0.6 is 22.9 Å². The van der Waals surface area contributed by atoms with Gasteiger partial charge in [-0.1, -0.05) is 11.6 Å². The first-order chi connectivity index (χ1) is 9.73. The maximum atomic E-state index is 6.48. The second kappa shape index (κ2) is 4.65. The number of hydrogen-bond acceptors (Lipinski definition) is 4. The van der Waals surface area contributed by atoms with E-state index in [1.165, 1.54) is 29.7 Å². The Morgan fingerprint density at radius 3 is 2.70 bits per heavy atom. The highest BCUT2D eigenvalue weighted by Crippen LogP contribution is 2.44. The average molecular weight is 309 g/mol. The van der Waals surface area contributed by atoms with Crippen LogP contribution in [0.5, 0.6) is 0 Å². The molecule has 20 heavy (non-hydrogen) atoms. The summed E-state index contributed by atoms with van der Waals surface area (Å²) in [5.74, 6) is 0.787. The molecule has 0 aromatic carbocycles. The van der Waals surface area contributed by atoms with Gasteiger partial charge in [-0.3, -0.25) is 0 Å². The molecule has 2 heterocycles.